The maximum absolute atomic E-state index is 13.1. The molecule has 0 atom stereocenters. The second-order valence-corrected chi connectivity index (χ2v) is 6.69. The van der Waals surface area contributed by atoms with Gasteiger partial charge in [-0.3, -0.25) is 4.79 Å². The fourth-order valence-corrected chi connectivity index (χ4v) is 3.13. The Balaban J connectivity index is 1.55. The predicted molar refractivity (Wildman–Crippen MR) is 108 cm³/mol. The maximum atomic E-state index is 13.1. The minimum atomic E-state index is -0.804. The van der Waals surface area contributed by atoms with Gasteiger partial charge in [-0.25, -0.2) is 9.37 Å². The molecule has 2 aromatic heterocycles. The average Bonchev–Trinajstić information content (AvgIpc) is 3.17. The van der Waals surface area contributed by atoms with Crippen LogP contribution in [0.2, 0.25) is 0 Å². The third kappa shape index (κ3) is 4.24. The standard InChI is InChI=1S/C22H19FN4O2/c23-18-8-3-16(4-9-18)13-25-20-11-12-24-22-19(14-26-27(20)22)17-6-1-15(2-7-17)5-10-21(28)29/h1-4,6-9,11-12,14,25H,5,10,13H2,(H,28,29). The summed E-state index contributed by atoms with van der Waals surface area (Å²) in [5.41, 5.74) is 4.50. The molecule has 0 aliphatic heterocycles. The van der Waals surface area contributed by atoms with Gasteiger partial charge in [0.25, 0.3) is 0 Å². The lowest BCUT2D eigenvalue weighted by atomic mass is 10.0. The van der Waals surface area contributed by atoms with Crippen LogP contribution in [0.1, 0.15) is 17.5 Å². The van der Waals surface area contributed by atoms with E-state index in [1.807, 2.05) is 30.3 Å². The lowest BCUT2D eigenvalue weighted by Gasteiger charge is -2.08. The largest absolute Gasteiger partial charge is 0.481 e. The van der Waals surface area contributed by atoms with Crippen LogP contribution in [-0.2, 0) is 17.8 Å². The molecule has 0 aliphatic rings. The number of aryl methyl sites for hydroxylation is 1. The Kier molecular flexibility index (Phi) is 5.20. The van der Waals surface area contributed by atoms with E-state index in [1.165, 1.54) is 12.1 Å². The summed E-state index contributed by atoms with van der Waals surface area (Å²) in [6.07, 6.45) is 4.09. The highest BCUT2D eigenvalue weighted by atomic mass is 19.1. The molecule has 0 aliphatic carbocycles. The average molecular weight is 390 g/mol. The lowest BCUT2D eigenvalue weighted by molar-refractivity contribution is -0.136. The summed E-state index contributed by atoms with van der Waals surface area (Å²) in [6.45, 7) is 0.535. The number of hydrogen-bond acceptors (Lipinski definition) is 4. The number of aliphatic carboxylic acids is 1. The zero-order valence-electron chi connectivity index (χ0n) is 15.5. The van der Waals surface area contributed by atoms with Crippen molar-refractivity contribution < 1.29 is 14.3 Å². The third-order valence-electron chi connectivity index (χ3n) is 4.68. The summed E-state index contributed by atoms with van der Waals surface area (Å²) in [7, 11) is 0. The van der Waals surface area contributed by atoms with Gasteiger partial charge < -0.3 is 10.4 Å². The first kappa shape index (κ1) is 18.6. The smallest absolute Gasteiger partial charge is 0.303 e. The first-order valence-corrected chi connectivity index (χ1v) is 9.22. The Morgan fingerprint density at radius 1 is 1.03 bits per heavy atom. The van der Waals surface area contributed by atoms with Crippen LogP contribution >= 0.6 is 0 Å². The Morgan fingerprint density at radius 3 is 2.48 bits per heavy atom. The van der Waals surface area contributed by atoms with Crippen LogP contribution < -0.4 is 5.32 Å². The van der Waals surface area contributed by atoms with Crippen LogP contribution in [0.25, 0.3) is 16.8 Å². The molecule has 7 heteroatoms. The number of carboxylic acids is 1. The van der Waals surface area contributed by atoms with E-state index >= 15 is 0 Å². The van der Waals surface area contributed by atoms with Gasteiger partial charge in [0, 0.05) is 24.7 Å². The van der Waals surface area contributed by atoms with Crippen molar-refractivity contribution in [3.8, 4) is 11.1 Å². The van der Waals surface area contributed by atoms with Crippen LogP contribution in [0, 0.1) is 5.82 Å². The molecule has 4 aromatic rings. The van der Waals surface area contributed by atoms with E-state index in [0.29, 0.717) is 18.6 Å². The highest BCUT2D eigenvalue weighted by molar-refractivity contribution is 5.78. The monoisotopic (exact) mass is 390 g/mol. The number of carbonyl (C=O) groups is 1. The molecular weight excluding hydrogens is 371 g/mol. The number of aromatic nitrogens is 3. The minimum absolute atomic E-state index is 0.112. The van der Waals surface area contributed by atoms with Crippen LogP contribution in [0.5, 0.6) is 0 Å². The predicted octanol–water partition coefficient (Wildman–Crippen LogP) is 4.16. The number of benzene rings is 2. The third-order valence-corrected chi connectivity index (χ3v) is 4.68. The van der Waals surface area contributed by atoms with Gasteiger partial charge in [-0.1, -0.05) is 36.4 Å². The second-order valence-electron chi connectivity index (χ2n) is 6.69. The van der Waals surface area contributed by atoms with Crippen molar-refractivity contribution in [1.82, 2.24) is 14.6 Å². The molecule has 0 radical (unpaired) electrons. The number of nitrogens with one attached hydrogen (secondary N) is 1. The molecule has 0 spiro atoms. The molecule has 2 aromatic carbocycles. The molecular formula is C22H19FN4O2. The zero-order valence-corrected chi connectivity index (χ0v) is 15.5. The van der Waals surface area contributed by atoms with Gasteiger partial charge in [0.1, 0.15) is 11.6 Å². The van der Waals surface area contributed by atoms with E-state index in [0.717, 1.165) is 28.1 Å². The fraction of sp³-hybridized carbons (Fsp3) is 0.136. The van der Waals surface area contributed by atoms with Crippen molar-refractivity contribution in [3.63, 3.8) is 0 Å². The summed E-state index contributed by atoms with van der Waals surface area (Å²) >= 11 is 0. The highest BCUT2D eigenvalue weighted by Crippen LogP contribution is 2.25. The van der Waals surface area contributed by atoms with Crippen molar-refractivity contribution in [3.05, 3.63) is 83.9 Å². The molecule has 4 rings (SSSR count). The Labute approximate surface area is 166 Å². The number of fused-ring (bicyclic) bond motifs is 1. The molecule has 29 heavy (non-hydrogen) atoms. The number of hydrogen-bond donors (Lipinski definition) is 2. The number of halogens is 1. The van der Waals surface area contributed by atoms with E-state index in [2.05, 4.69) is 15.4 Å². The summed E-state index contributed by atoms with van der Waals surface area (Å²) < 4.78 is 14.8. The SMILES string of the molecule is O=C(O)CCc1ccc(-c2cnn3c(NCc4ccc(F)cc4)ccnc23)cc1. The van der Waals surface area contributed by atoms with Gasteiger partial charge in [-0.15, -0.1) is 0 Å². The maximum Gasteiger partial charge on any atom is 0.303 e. The molecule has 0 saturated carbocycles. The summed E-state index contributed by atoms with van der Waals surface area (Å²) in [4.78, 5) is 15.2. The van der Waals surface area contributed by atoms with Crippen molar-refractivity contribution >= 4 is 17.4 Å². The second kappa shape index (κ2) is 8.10. The van der Waals surface area contributed by atoms with Crippen molar-refractivity contribution in [1.29, 1.82) is 0 Å². The van der Waals surface area contributed by atoms with Gasteiger partial charge >= 0.3 is 5.97 Å². The van der Waals surface area contributed by atoms with Gasteiger partial charge in [0.15, 0.2) is 5.65 Å². The van der Waals surface area contributed by atoms with Crippen molar-refractivity contribution in [2.75, 3.05) is 5.32 Å². The first-order valence-electron chi connectivity index (χ1n) is 9.22. The molecule has 2 heterocycles. The van der Waals surface area contributed by atoms with Gasteiger partial charge in [0.2, 0.25) is 0 Å². The Hall–Kier alpha value is -3.74. The summed E-state index contributed by atoms with van der Waals surface area (Å²) in [5, 5.41) is 16.6. The van der Waals surface area contributed by atoms with Crippen molar-refractivity contribution in [2.45, 2.75) is 19.4 Å². The Bertz CT molecular complexity index is 1140. The molecule has 0 unspecified atom stereocenters. The zero-order chi connectivity index (χ0) is 20.2. The van der Waals surface area contributed by atoms with Gasteiger partial charge in [-0.2, -0.15) is 9.61 Å². The highest BCUT2D eigenvalue weighted by Gasteiger charge is 2.11. The molecule has 6 nitrogen and oxygen atoms in total. The summed E-state index contributed by atoms with van der Waals surface area (Å²) in [6, 6.07) is 15.9. The molecule has 146 valence electrons. The normalized spacial score (nSPS) is 10.9. The molecule has 0 fully saturated rings. The first-order chi connectivity index (χ1) is 14.1. The quantitative estimate of drug-likeness (QED) is 0.495. The molecule has 2 N–H and O–H groups in total. The molecule has 0 amide bonds. The van der Waals surface area contributed by atoms with Crippen molar-refractivity contribution in [2.24, 2.45) is 0 Å². The molecule has 0 bridgehead atoms. The van der Waals surface area contributed by atoms with Crippen LogP contribution in [0.4, 0.5) is 10.2 Å². The number of nitrogens with zero attached hydrogens (tertiary/aromatic N) is 3. The summed E-state index contributed by atoms with van der Waals surface area (Å²) in [5.74, 6) is -0.282. The number of carboxylic acid groups (broad SMARTS) is 1. The lowest BCUT2D eigenvalue weighted by Crippen LogP contribution is -2.05. The van der Waals surface area contributed by atoms with E-state index in [1.54, 1.807) is 29.0 Å². The fourth-order valence-electron chi connectivity index (χ4n) is 3.13. The van der Waals surface area contributed by atoms with E-state index in [9.17, 15) is 9.18 Å². The van der Waals surface area contributed by atoms with E-state index in [4.69, 9.17) is 5.11 Å². The topological polar surface area (TPSA) is 79.5 Å². The minimum Gasteiger partial charge on any atom is -0.481 e. The number of anilines is 1. The number of rotatable bonds is 7. The van der Waals surface area contributed by atoms with E-state index in [-0.39, 0.29) is 12.2 Å². The van der Waals surface area contributed by atoms with Crippen LogP contribution in [0.15, 0.2) is 67.0 Å². The van der Waals surface area contributed by atoms with Crippen LogP contribution in [-0.4, -0.2) is 25.7 Å². The van der Waals surface area contributed by atoms with E-state index < -0.39 is 5.97 Å². The van der Waals surface area contributed by atoms with Gasteiger partial charge in [0.05, 0.1) is 6.20 Å². The Morgan fingerprint density at radius 2 is 1.76 bits per heavy atom. The van der Waals surface area contributed by atoms with Gasteiger partial charge in [-0.05, 0) is 41.3 Å². The van der Waals surface area contributed by atoms with Crippen LogP contribution in [0.3, 0.4) is 0 Å². The molecule has 0 saturated heterocycles.